The Morgan fingerprint density at radius 3 is 2.21 bits per heavy atom. The van der Waals surface area contributed by atoms with Crippen LogP contribution in [0.4, 0.5) is 5.69 Å². The zero-order valence-corrected chi connectivity index (χ0v) is 18.1. The van der Waals surface area contributed by atoms with E-state index in [2.05, 4.69) is 21.2 Å². The van der Waals surface area contributed by atoms with E-state index in [-0.39, 0.29) is 5.91 Å². The number of methoxy groups -OCH3 is 1. The Hall–Kier alpha value is -2.99. The zero-order valence-electron chi connectivity index (χ0n) is 16.5. The Bertz CT molecular complexity index is 985. The molecule has 0 saturated carbocycles. The number of nitrogens with one attached hydrogen (secondary N) is 1. The first kappa shape index (κ1) is 20.7. The minimum absolute atomic E-state index is 0.249. The van der Waals surface area contributed by atoms with Crippen LogP contribution in [0.1, 0.15) is 22.8 Å². The summed E-state index contributed by atoms with van der Waals surface area (Å²) >= 11 is 3.43. The zero-order chi connectivity index (χ0) is 20.8. The Balaban J connectivity index is 1.71. The molecule has 0 radical (unpaired) electrons. The van der Waals surface area contributed by atoms with Gasteiger partial charge in [-0.05, 0) is 78.3 Å². The van der Waals surface area contributed by atoms with E-state index in [1.807, 2.05) is 50.2 Å². The second-order valence-corrected chi connectivity index (χ2v) is 7.17. The minimum atomic E-state index is -0.249. The van der Waals surface area contributed by atoms with Crippen molar-refractivity contribution < 1.29 is 19.0 Å². The third-order valence-electron chi connectivity index (χ3n) is 4.14. The molecule has 0 aliphatic heterocycles. The van der Waals surface area contributed by atoms with Crippen LogP contribution in [0.15, 0.2) is 65.1 Å². The molecule has 5 nitrogen and oxygen atoms in total. The fourth-order valence-electron chi connectivity index (χ4n) is 2.71. The van der Waals surface area contributed by atoms with Gasteiger partial charge in [-0.1, -0.05) is 17.7 Å². The lowest BCUT2D eigenvalue weighted by atomic mass is 10.1. The molecule has 0 unspecified atom stereocenters. The lowest BCUT2D eigenvalue weighted by molar-refractivity contribution is 0.102. The van der Waals surface area contributed by atoms with E-state index in [1.165, 1.54) is 5.56 Å². The van der Waals surface area contributed by atoms with Crippen LogP contribution in [0.3, 0.4) is 0 Å². The maximum atomic E-state index is 12.7. The molecule has 0 saturated heterocycles. The number of benzene rings is 3. The topological polar surface area (TPSA) is 56.8 Å². The van der Waals surface area contributed by atoms with Crippen molar-refractivity contribution in [3.8, 4) is 23.0 Å². The third kappa shape index (κ3) is 5.29. The van der Waals surface area contributed by atoms with E-state index >= 15 is 0 Å². The Morgan fingerprint density at radius 1 is 1.00 bits per heavy atom. The molecule has 29 heavy (non-hydrogen) atoms. The first-order valence-corrected chi connectivity index (χ1v) is 9.95. The predicted octanol–water partition coefficient (Wildman–Crippen LogP) is 6.21. The van der Waals surface area contributed by atoms with Gasteiger partial charge in [-0.2, -0.15) is 0 Å². The monoisotopic (exact) mass is 455 g/mol. The lowest BCUT2D eigenvalue weighted by Gasteiger charge is -2.13. The van der Waals surface area contributed by atoms with E-state index in [1.54, 1.807) is 31.4 Å². The molecule has 0 aromatic heterocycles. The Morgan fingerprint density at radius 2 is 1.62 bits per heavy atom. The van der Waals surface area contributed by atoms with Gasteiger partial charge in [0.15, 0.2) is 11.5 Å². The molecule has 0 atom stereocenters. The number of ether oxygens (including phenoxy) is 3. The maximum absolute atomic E-state index is 12.7. The van der Waals surface area contributed by atoms with Crippen molar-refractivity contribution in [1.82, 2.24) is 0 Å². The van der Waals surface area contributed by atoms with Crippen LogP contribution in [0.5, 0.6) is 23.0 Å². The molecule has 0 bridgehead atoms. The molecular weight excluding hydrogens is 434 g/mol. The van der Waals surface area contributed by atoms with E-state index in [9.17, 15) is 4.79 Å². The van der Waals surface area contributed by atoms with Crippen LogP contribution in [0, 0.1) is 6.92 Å². The summed E-state index contributed by atoms with van der Waals surface area (Å²) in [5.74, 6) is 2.27. The molecule has 3 aromatic rings. The van der Waals surface area contributed by atoms with Crippen LogP contribution >= 0.6 is 15.9 Å². The number of anilines is 1. The van der Waals surface area contributed by atoms with Gasteiger partial charge < -0.3 is 19.5 Å². The van der Waals surface area contributed by atoms with Crippen molar-refractivity contribution in [3.05, 3.63) is 76.3 Å². The number of carbonyl (C=O) groups excluding carboxylic acids is 1. The van der Waals surface area contributed by atoms with E-state index in [0.717, 1.165) is 5.75 Å². The molecule has 1 amide bonds. The molecule has 6 heteroatoms. The van der Waals surface area contributed by atoms with Crippen molar-refractivity contribution in [2.24, 2.45) is 0 Å². The molecule has 0 spiro atoms. The highest BCUT2D eigenvalue weighted by molar-refractivity contribution is 9.10. The number of carbonyl (C=O) groups is 1. The molecule has 0 aliphatic rings. The number of hydrogen-bond donors (Lipinski definition) is 1. The summed E-state index contributed by atoms with van der Waals surface area (Å²) in [6, 6.07) is 18.4. The average molecular weight is 456 g/mol. The highest BCUT2D eigenvalue weighted by Crippen LogP contribution is 2.36. The molecule has 0 heterocycles. The first-order valence-electron chi connectivity index (χ1n) is 9.16. The quantitative estimate of drug-likeness (QED) is 0.459. The van der Waals surface area contributed by atoms with Crippen molar-refractivity contribution >= 4 is 27.5 Å². The second-order valence-electron chi connectivity index (χ2n) is 6.32. The van der Waals surface area contributed by atoms with Gasteiger partial charge in [-0.25, -0.2) is 0 Å². The third-order valence-corrected chi connectivity index (χ3v) is 4.73. The number of halogens is 1. The van der Waals surface area contributed by atoms with Gasteiger partial charge in [0.1, 0.15) is 11.5 Å². The minimum Gasteiger partial charge on any atom is -0.492 e. The summed E-state index contributed by atoms with van der Waals surface area (Å²) in [6.07, 6.45) is 0. The van der Waals surface area contributed by atoms with Gasteiger partial charge in [-0.3, -0.25) is 4.79 Å². The van der Waals surface area contributed by atoms with Gasteiger partial charge in [0.2, 0.25) is 0 Å². The Kier molecular flexibility index (Phi) is 6.77. The number of hydrogen-bond acceptors (Lipinski definition) is 4. The smallest absolute Gasteiger partial charge is 0.255 e. The fourth-order valence-corrected chi connectivity index (χ4v) is 3.32. The molecule has 3 rings (SSSR count). The van der Waals surface area contributed by atoms with Crippen LogP contribution in [-0.2, 0) is 0 Å². The van der Waals surface area contributed by atoms with E-state index in [4.69, 9.17) is 14.2 Å². The first-order chi connectivity index (χ1) is 14.0. The standard InChI is InChI=1S/C23H22BrNO4/c1-4-28-21-14-16(13-20(24)22(21)27-3)23(26)25-17-7-11-19(12-8-17)29-18-9-5-15(2)6-10-18/h5-14H,4H2,1-3H3,(H,25,26). The summed E-state index contributed by atoms with van der Waals surface area (Å²) in [5.41, 5.74) is 2.30. The van der Waals surface area contributed by atoms with Crippen molar-refractivity contribution in [1.29, 1.82) is 0 Å². The number of rotatable bonds is 7. The van der Waals surface area contributed by atoms with Crippen molar-refractivity contribution in [2.75, 3.05) is 19.0 Å². The normalized spacial score (nSPS) is 10.3. The summed E-state index contributed by atoms with van der Waals surface area (Å²) in [5, 5.41) is 2.88. The van der Waals surface area contributed by atoms with E-state index < -0.39 is 0 Å². The van der Waals surface area contributed by atoms with Gasteiger partial charge in [0.05, 0.1) is 18.2 Å². The van der Waals surface area contributed by atoms with Crippen molar-refractivity contribution in [3.63, 3.8) is 0 Å². The fraction of sp³-hybridized carbons (Fsp3) is 0.174. The highest BCUT2D eigenvalue weighted by atomic mass is 79.9. The molecule has 0 aliphatic carbocycles. The molecular formula is C23H22BrNO4. The van der Waals surface area contributed by atoms with Crippen LogP contribution < -0.4 is 19.5 Å². The lowest BCUT2D eigenvalue weighted by Crippen LogP contribution is -2.12. The molecule has 0 fully saturated rings. The van der Waals surface area contributed by atoms with Crippen LogP contribution in [0.25, 0.3) is 0 Å². The maximum Gasteiger partial charge on any atom is 0.255 e. The van der Waals surface area contributed by atoms with E-state index in [0.29, 0.717) is 39.6 Å². The summed E-state index contributed by atoms with van der Waals surface area (Å²) < 4.78 is 17.4. The largest absolute Gasteiger partial charge is 0.492 e. The van der Waals surface area contributed by atoms with Crippen molar-refractivity contribution in [2.45, 2.75) is 13.8 Å². The second kappa shape index (κ2) is 9.47. The summed E-state index contributed by atoms with van der Waals surface area (Å²) in [4.78, 5) is 12.7. The summed E-state index contributed by atoms with van der Waals surface area (Å²) in [7, 11) is 1.56. The molecule has 150 valence electrons. The van der Waals surface area contributed by atoms with Crippen LogP contribution in [0.2, 0.25) is 0 Å². The van der Waals surface area contributed by atoms with Crippen LogP contribution in [-0.4, -0.2) is 19.6 Å². The SMILES string of the molecule is CCOc1cc(C(=O)Nc2ccc(Oc3ccc(C)cc3)cc2)cc(Br)c1OC. The molecule has 3 aromatic carbocycles. The summed E-state index contributed by atoms with van der Waals surface area (Å²) in [6.45, 7) is 4.37. The average Bonchev–Trinajstić information content (AvgIpc) is 2.71. The van der Waals surface area contributed by atoms with Gasteiger partial charge in [-0.15, -0.1) is 0 Å². The van der Waals surface area contributed by atoms with Gasteiger partial charge in [0.25, 0.3) is 5.91 Å². The molecule has 1 N–H and O–H groups in total. The highest BCUT2D eigenvalue weighted by Gasteiger charge is 2.15. The number of aryl methyl sites for hydroxylation is 1. The van der Waals surface area contributed by atoms with Gasteiger partial charge in [0, 0.05) is 11.3 Å². The Labute approximate surface area is 178 Å². The number of amides is 1. The predicted molar refractivity (Wildman–Crippen MR) is 118 cm³/mol. The van der Waals surface area contributed by atoms with Gasteiger partial charge >= 0.3 is 0 Å².